The molecule has 1 aromatic carbocycles. The topological polar surface area (TPSA) is 26.3 Å². The molecule has 0 saturated carbocycles. The number of benzene rings is 1. The molecule has 0 N–H and O–H groups in total. The number of halogens is 1. The van der Waals surface area contributed by atoms with Gasteiger partial charge in [0.25, 0.3) is 0 Å². The summed E-state index contributed by atoms with van der Waals surface area (Å²) in [5, 5.41) is 0. The van der Waals surface area contributed by atoms with Crippen molar-refractivity contribution < 1.29 is 9.53 Å². The number of methoxy groups -OCH3 is 1. The monoisotopic (exact) mass is 304 g/mol. The summed E-state index contributed by atoms with van der Waals surface area (Å²) in [7, 11) is 1.40. The molecule has 0 aliphatic carbocycles. The van der Waals surface area contributed by atoms with Crippen LogP contribution in [0.2, 0.25) is 0 Å². The minimum Gasteiger partial charge on any atom is -0.468 e. The van der Waals surface area contributed by atoms with Gasteiger partial charge in [0.1, 0.15) is 0 Å². The van der Waals surface area contributed by atoms with E-state index in [4.69, 9.17) is 0 Å². The Bertz CT molecular complexity index is 316. The highest BCUT2D eigenvalue weighted by Crippen LogP contribution is 2.21. The molecule has 0 radical (unpaired) electrons. The van der Waals surface area contributed by atoms with Crippen LogP contribution in [0.5, 0.6) is 0 Å². The van der Waals surface area contributed by atoms with Gasteiger partial charge >= 0.3 is 5.97 Å². The van der Waals surface area contributed by atoms with Crippen molar-refractivity contribution in [3.63, 3.8) is 0 Å². The van der Waals surface area contributed by atoms with E-state index in [1.165, 1.54) is 12.7 Å². The molecule has 0 saturated heterocycles. The largest absolute Gasteiger partial charge is 0.468 e. The second-order valence-electron chi connectivity index (χ2n) is 2.66. The van der Waals surface area contributed by atoms with Crippen molar-refractivity contribution in [3.05, 3.63) is 34.3 Å². The highest BCUT2D eigenvalue weighted by atomic mass is 79.9. The maximum atomic E-state index is 10.8. The molecular weight excluding hydrogens is 288 g/mol. The van der Waals surface area contributed by atoms with Gasteiger partial charge in [0.2, 0.25) is 0 Å². The van der Waals surface area contributed by atoms with E-state index in [0.717, 1.165) is 10.2 Å². The maximum Gasteiger partial charge on any atom is 0.315 e. The van der Waals surface area contributed by atoms with Crippen LogP contribution in [0.1, 0.15) is 19.4 Å². The molecule has 0 spiro atoms. The third-order valence-corrected chi connectivity index (χ3v) is 3.39. The van der Waals surface area contributed by atoms with Crippen molar-refractivity contribution in [2.75, 3.05) is 12.9 Å². The van der Waals surface area contributed by atoms with Gasteiger partial charge in [0, 0.05) is 10.2 Å². The molecule has 0 bridgehead atoms. The first kappa shape index (κ1) is 15.5. The van der Waals surface area contributed by atoms with Gasteiger partial charge in [-0.1, -0.05) is 48.0 Å². The standard InChI is InChI=1S/C10H11BrO2S.C2H6/c1-13-10(12)7-14-6-8-4-2-3-5-9(8)11;1-2/h2-5H,6-7H2,1H3;1-2H3. The molecule has 1 rings (SSSR count). The predicted octanol–water partition coefficient (Wildman–Crippen LogP) is 3.88. The average Bonchev–Trinajstić information content (AvgIpc) is 2.34. The van der Waals surface area contributed by atoms with Gasteiger partial charge in [-0.15, -0.1) is 11.8 Å². The third kappa shape index (κ3) is 6.18. The van der Waals surface area contributed by atoms with Crippen LogP contribution in [-0.2, 0) is 15.3 Å². The van der Waals surface area contributed by atoms with E-state index < -0.39 is 0 Å². The highest BCUT2D eigenvalue weighted by molar-refractivity contribution is 9.10. The van der Waals surface area contributed by atoms with Crippen LogP contribution in [0.3, 0.4) is 0 Å². The van der Waals surface area contributed by atoms with Gasteiger partial charge < -0.3 is 4.74 Å². The molecule has 0 amide bonds. The quantitative estimate of drug-likeness (QED) is 0.790. The number of hydrogen-bond donors (Lipinski definition) is 0. The Labute approximate surface area is 110 Å². The second kappa shape index (κ2) is 9.73. The van der Waals surface area contributed by atoms with Crippen molar-refractivity contribution in [2.24, 2.45) is 0 Å². The Morgan fingerprint density at radius 2 is 2.00 bits per heavy atom. The molecule has 4 heteroatoms. The molecular formula is C12H17BrO2S. The lowest BCUT2D eigenvalue weighted by atomic mass is 10.2. The van der Waals surface area contributed by atoms with Crippen LogP contribution in [0.15, 0.2) is 28.7 Å². The Balaban J connectivity index is 0.00000106. The van der Waals surface area contributed by atoms with E-state index in [-0.39, 0.29) is 5.97 Å². The smallest absolute Gasteiger partial charge is 0.315 e. The fourth-order valence-corrected chi connectivity index (χ4v) is 2.39. The molecule has 0 aromatic heterocycles. The molecule has 90 valence electrons. The Morgan fingerprint density at radius 3 is 2.56 bits per heavy atom. The summed E-state index contributed by atoms with van der Waals surface area (Å²) in [4.78, 5) is 10.8. The Hall–Kier alpha value is -0.480. The predicted molar refractivity (Wildman–Crippen MR) is 73.7 cm³/mol. The lowest BCUT2D eigenvalue weighted by Crippen LogP contribution is -2.03. The number of carbonyl (C=O) groups excluding carboxylic acids is 1. The van der Waals surface area contributed by atoms with Gasteiger partial charge in [-0.05, 0) is 11.6 Å². The molecule has 0 aliphatic rings. The number of hydrogen-bond acceptors (Lipinski definition) is 3. The number of carbonyl (C=O) groups is 1. The van der Waals surface area contributed by atoms with Crippen LogP contribution in [0, 0.1) is 0 Å². The van der Waals surface area contributed by atoms with E-state index in [0.29, 0.717) is 5.75 Å². The Kier molecular flexibility index (Phi) is 9.43. The van der Waals surface area contributed by atoms with E-state index in [1.54, 1.807) is 11.8 Å². The van der Waals surface area contributed by atoms with Crippen molar-refractivity contribution in [2.45, 2.75) is 19.6 Å². The van der Waals surface area contributed by atoms with Crippen LogP contribution in [0.25, 0.3) is 0 Å². The number of esters is 1. The lowest BCUT2D eigenvalue weighted by molar-refractivity contribution is -0.137. The maximum absolute atomic E-state index is 10.8. The zero-order valence-electron chi connectivity index (χ0n) is 9.83. The normalized spacial score (nSPS) is 9.00. The first-order valence-corrected chi connectivity index (χ1v) is 7.06. The highest BCUT2D eigenvalue weighted by Gasteiger charge is 2.02. The average molecular weight is 305 g/mol. The molecule has 0 aliphatic heterocycles. The van der Waals surface area contributed by atoms with E-state index >= 15 is 0 Å². The van der Waals surface area contributed by atoms with E-state index in [2.05, 4.69) is 20.7 Å². The summed E-state index contributed by atoms with van der Waals surface area (Å²) in [6.45, 7) is 4.00. The SMILES string of the molecule is CC.COC(=O)CSCc1ccccc1Br. The summed E-state index contributed by atoms with van der Waals surface area (Å²) >= 11 is 5.00. The van der Waals surface area contributed by atoms with E-state index in [1.807, 2.05) is 38.1 Å². The summed E-state index contributed by atoms with van der Waals surface area (Å²) in [6, 6.07) is 7.99. The second-order valence-corrected chi connectivity index (χ2v) is 4.50. The van der Waals surface area contributed by atoms with Gasteiger partial charge in [0.05, 0.1) is 12.9 Å². The van der Waals surface area contributed by atoms with Gasteiger partial charge in [-0.25, -0.2) is 0 Å². The summed E-state index contributed by atoms with van der Waals surface area (Å²) in [6.07, 6.45) is 0. The van der Waals surface area contributed by atoms with Crippen LogP contribution in [-0.4, -0.2) is 18.8 Å². The third-order valence-electron chi connectivity index (χ3n) is 1.66. The molecule has 2 nitrogen and oxygen atoms in total. The first-order valence-electron chi connectivity index (χ1n) is 5.12. The molecule has 0 fully saturated rings. The fourth-order valence-electron chi connectivity index (χ4n) is 0.919. The minimum absolute atomic E-state index is 0.179. The van der Waals surface area contributed by atoms with Crippen molar-refractivity contribution in [1.82, 2.24) is 0 Å². The molecule has 16 heavy (non-hydrogen) atoms. The number of thioether (sulfide) groups is 1. The zero-order chi connectivity index (χ0) is 12.4. The van der Waals surface area contributed by atoms with Crippen molar-refractivity contribution >= 4 is 33.7 Å². The molecule has 0 atom stereocenters. The van der Waals surface area contributed by atoms with Crippen LogP contribution >= 0.6 is 27.7 Å². The lowest BCUT2D eigenvalue weighted by Gasteiger charge is -2.02. The number of rotatable bonds is 4. The summed E-state index contributed by atoms with van der Waals surface area (Å²) < 4.78 is 5.63. The van der Waals surface area contributed by atoms with Gasteiger partial charge in [-0.3, -0.25) is 4.79 Å². The van der Waals surface area contributed by atoms with Crippen LogP contribution < -0.4 is 0 Å². The van der Waals surface area contributed by atoms with Gasteiger partial charge in [-0.2, -0.15) is 0 Å². The first-order chi connectivity index (χ1) is 7.74. The molecule has 0 unspecified atom stereocenters. The molecule has 1 aromatic rings. The van der Waals surface area contributed by atoms with Crippen molar-refractivity contribution in [3.8, 4) is 0 Å². The molecule has 0 heterocycles. The van der Waals surface area contributed by atoms with Crippen LogP contribution in [0.4, 0.5) is 0 Å². The summed E-state index contributed by atoms with van der Waals surface area (Å²) in [5.74, 6) is 1.04. The van der Waals surface area contributed by atoms with Gasteiger partial charge in [0.15, 0.2) is 0 Å². The minimum atomic E-state index is -0.179. The zero-order valence-corrected chi connectivity index (χ0v) is 12.2. The Morgan fingerprint density at radius 1 is 1.38 bits per heavy atom. The van der Waals surface area contributed by atoms with Crippen molar-refractivity contribution in [1.29, 1.82) is 0 Å². The number of ether oxygens (including phenoxy) is 1. The summed E-state index contributed by atoms with van der Waals surface area (Å²) in [5.41, 5.74) is 1.20. The van der Waals surface area contributed by atoms with E-state index in [9.17, 15) is 4.79 Å². The fraction of sp³-hybridized carbons (Fsp3) is 0.417.